The Balaban J connectivity index is 1.23. The molecule has 0 unspecified atom stereocenters. The van der Waals surface area contributed by atoms with E-state index in [0.717, 1.165) is 35.4 Å². The van der Waals surface area contributed by atoms with Gasteiger partial charge in [-0.05, 0) is 56.4 Å². The number of nitrogens with one attached hydrogen (secondary N) is 1. The van der Waals surface area contributed by atoms with Gasteiger partial charge in [0, 0.05) is 42.1 Å². The van der Waals surface area contributed by atoms with E-state index in [0.29, 0.717) is 31.0 Å². The molecule has 7 heteroatoms. The first-order valence-corrected chi connectivity index (χ1v) is 11.2. The zero-order valence-electron chi connectivity index (χ0n) is 17.5. The van der Waals surface area contributed by atoms with Crippen LogP contribution < -0.4 is 5.32 Å². The molecule has 1 aromatic carbocycles. The fourth-order valence-electron chi connectivity index (χ4n) is 4.72. The fourth-order valence-corrected chi connectivity index (χ4v) is 5.03. The molecular weight excluding hydrogens is 412 g/mol. The molecule has 0 spiro atoms. The van der Waals surface area contributed by atoms with Gasteiger partial charge in [0.1, 0.15) is 5.65 Å². The minimum absolute atomic E-state index is 0.0157. The number of halogens is 1. The van der Waals surface area contributed by atoms with Gasteiger partial charge in [-0.25, -0.2) is 4.98 Å². The summed E-state index contributed by atoms with van der Waals surface area (Å²) in [6.07, 6.45) is 6.65. The molecule has 1 saturated heterocycles. The largest absolute Gasteiger partial charge is 0.342 e. The minimum Gasteiger partial charge on any atom is -0.342 e. The van der Waals surface area contributed by atoms with Gasteiger partial charge in [-0.1, -0.05) is 29.8 Å². The van der Waals surface area contributed by atoms with Crippen LogP contribution in [-0.4, -0.2) is 39.2 Å². The number of carbonyl (C=O) groups is 2. The lowest BCUT2D eigenvalue weighted by Crippen LogP contribution is -2.45. The first-order valence-electron chi connectivity index (χ1n) is 10.8. The normalized spacial score (nSPS) is 18.2. The summed E-state index contributed by atoms with van der Waals surface area (Å²) >= 11 is 6.39. The molecule has 2 fully saturated rings. The lowest BCUT2D eigenvalue weighted by atomic mass is 9.91. The zero-order valence-corrected chi connectivity index (χ0v) is 18.2. The molecule has 3 aromatic rings. The maximum Gasteiger partial charge on any atom is 0.233 e. The van der Waals surface area contributed by atoms with Gasteiger partial charge in [-0.2, -0.15) is 0 Å². The Bertz CT molecular complexity index is 1160. The second-order valence-corrected chi connectivity index (χ2v) is 9.01. The maximum atomic E-state index is 13.3. The number of aryl methyl sites for hydroxylation is 1. The Kier molecular flexibility index (Phi) is 4.97. The molecule has 2 aliphatic rings. The number of nitrogens with zero attached hydrogens (tertiary/aromatic N) is 3. The summed E-state index contributed by atoms with van der Waals surface area (Å²) < 4.78 is 1.96. The van der Waals surface area contributed by atoms with Crippen LogP contribution in [0.25, 0.3) is 5.65 Å². The summed E-state index contributed by atoms with van der Waals surface area (Å²) in [5, 5.41) is 3.73. The van der Waals surface area contributed by atoms with Crippen LogP contribution in [-0.2, 0) is 15.0 Å². The van der Waals surface area contributed by atoms with Crippen molar-refractivity contribution in [3.63, 3.8) is 0 Å². The SMILES string of the molecule is Cc1c(NC(=O)C2CCN(C(=O)C3(c4ccccc4Cl)CC3)CC2)ccc2nccn12. The third-order valence-corrected chi connectivity index (χ3v) is 7.11. The molecule has 0 radical (unpaired) electrons. The van der Waals surface area contributed by atoms with E-state index in [2.05, 4.69) is 10.3 Å². The van der Waals surface area contributed by atoms with Gasteiger partial charge < -0.3 is 14.6 Å². The van der Waals surface area contributed by atoms with Crippen molar-refractivity contribution in [1.29, 1.82) is 0 Å². The van der Waals surface area contributed by atoms with E-state index in [-0.39, 0.29) is 17.7 Å². The molecule has 0 bridgehead atoms. The zero-order chi connectivity index (χ0) is 21.6. The second-order valence-electron chi connectivity index (χ2n) is 8.61. The summed E-state index contributed by atoms with van der Waals surface area (Å²) in [5.41, 5.74) is 3.07. The van der Waals surface area contributed by atoms with Crippen molar-refractivity contribution in [3.05, 3.63) is 65.1 Å². The minimum atomic E-state index is -0.467. The average Bonchev–Trinajstić information content (AvgIpc) is 3.44. The molecule has 2 aromatic heterocycles. The highest BCUT2D eigenvalue weighted by Gasteiger charge is 2.54. The quantitative estimate of drug-likeness (QED) is 0.666. The highest BCUT2D eigenvalue weighted by Crippen LogP contribution is 2.52. The number of aromatic nitrogens is 2. The van der Waals surface area contributed by atoms with Gasteiger partial charge >= 0.3 is 0 Å². The number of hydrogen-bond donors (Lipinski definition) is 1. The van der Waals surface area contributed by atoms with Crippen molar-refractivity contribution >= 4 is 34.7 Å². The highest BCUT2D eigenvalue weighted by molar-refractivity contribution is 6.31. The summed E-state index contributed by atoms with van der Waals surface area (Å²) in [7, 11) is 0. The van der Waals surface area contributed by atoms with Gasteiger partial charge in [-0.15, -0.1) is 0 Å². The van der Waals surface area contributed by atoms with Crippen molar-refractivity contribution in [3.8, 4) is 0 Å². The van der Waals surface area contributed by atoms with Crippen molar-refractivity contribution in [2.75, 3.05) is 18.4 Å². The lowest BCUT2D eigenvalue weighted by molar-refractivity contribution is -0.137. The Hall–Kier alpha value is -2.86. The Morgan fingerprint density at radius 3 is 2.58 bits per heavy atom. The molecule has 2 amide bonds. The van der Waals surface area contributed by atoms with Crippen LogP contribution in [0.4, 0.5) is 5.69 Å². The standard InChI is InChI=1S/C24H25ClN4O2/c1-16-20(6-7-21-26-12-15-29(16)21)27-22(30)17-8-13-28(14-9-17)23(31)24(10-11-24)18-4-2-3-5-19(18)25/h2-7,12,15,17H,8-11,13-14H2,1H3,(H,27,30). The van der Waals surface area contributed by atoms with E-state index in [4.69, 9.17) is 11.6 Å². The molecule has 1 aliphatic heterocycles. The topological polar surface area (TPSA) is 66.7 Å². The summed E-state index contributed by atoms with van der Waals surface area (Å²) in [6, 6.07) is 11.4. The molecular formula is C24H25ClN4O2. The third-order valence-electron chi connectivity index (χ3n) is 6.78. The Labute approximate surface area is 186 Å². The van der Waals surface area contributed by atoms with Crippen molar-refractivity contribution in [2.24, 2.45) is 5.92 Å². The number of pyridine rings is 1. The van der Waals surface area contributed by atoms with E-state index in [9.17, 15) is 9.59 Å². The lowest BCUT2D eigenvalue weighted by Gasteiger charge is -2.34. The van der Waals surface area contributed by atoms with Crippen LogP contribution in [0.2, 0.25) is 5.02 Å². The smallest absolute Gasteiger partial charge is 0.233 e. The molecule has 1 N–H and O–H groups in total. The van der Waals surface area contributed by atoms with Crippen LogP contribution in [0.15, 0.2) is 48.8 Å². The van der Waals surface area contributed by atoms with Crippen LogP contribution >= 0.6 is 11.6 Å². The maximum absolute atomic E-state index is 13.3. The molecule has 160 valence electrons. The van der Waals surface area contributed by atoms with Gasteiger partial charge in [0.25, 0.3) is 0 Å². The highest BCUT2D eigenvalue weighted by atomic mass is 35.5. The van der Waals surface area contributed by atoms with Crippen LogP contribution in [0, 0.1) is 12.8 Å². The molecule has 3 heterocycles. The monoisotopic (exact) mass is 436 g/mol. The average molecular weight is 437 g/mol. The number of hydrogen-bond acceptors (Lipinski definition) is 3. The van der Waals surface area contributed by atoms with E-state index < -0.39 is 5.41 Å². The third kappa shape index (κ3) is 3.49. The van der Waals surface area contributed by atoms with Gasteiger partial charge in [0.15, 0.2) is 0 Å². The number of carbonyl (C=O) groups excluding carboxylic acids is 2. The number of anilines is 1. The van der Waals surface area contributed by atoms with Crippen LogP contribution in [0.3, 0.4) is 0 Å². The molecule has 0 atom stereocenters. The van der Waals surface area contributed by atoms with Crippen LogP contribution in [0.5, 0.6) is 0 Å². The van der Waals surface area contributed by atoms with Gasteiger partial charge in [-0.3, -0.25) is 9.59 Å². The number of amides is 2. The summed E-state index contributed by atoms with van der Waals surface area (Å²) in [4.78, 5) is 32.4. The molecule has 5 rings (SSSR count). The number of benzene rings is 1. The first kappa shape index (κ1) is 20.1. The Morgan fingerprint density at radius 2 is 1.87 bits per heavy atom. The van der Waals surface area contributed by atoms with E-state index in [1.807, 2.05) is 58.8 Å². The second kappa shape index (κ2) is 7.68. The number of rotatable bonds is 4. The predicted molar refractivity (Wildman–Crippen MR) is 120 cm³/mol. The van der Waals surface area contributed by atoms with Crippen LogP contribution in [0.1, 0.15) is 36.9 Å². The summed E-state index contributed by atoms with van der Waals surface area (Å²) in [5.74, 6) is 0.0696. The first-order chi connectivity index (χ1) is 15.0. The molecule has 1 aliphatic carbocycles. The summed E-state index contributed by atoms with van der Waals surface area (Å²) in [6.45, 7) is 3.17. The van der Waals surface area contributed by atoms with E-state index in [1.165, 1.54) is 0 Å². The number of piperidine rings is 1. The van der Waals surface area contributed by atoms with E-state index >= 15 is 0 Å². The van der Waals surface area contributed by atoms with Gasteiger partial charge in [0.05, 0.1) is 11.1 Å². The van der Waals surface area contributed by atoms with Crippen molar-refractivity contribution in [2.45, 2.75) is 38.0 Å². The number of imidazole rings is 1. The molecule has 31 heavy (non-hydrogen) atoms. The molecule has 6 nitrogen and oxygen atoms in total. The molecule has 1 saturated carbocycles. The van der Waals surface area contributed by atoms with Crippen molar-refractivity contribution < 1.29 is 9.59 Å². The van der Waals surface area contributed by atoms with Gasteiger partial charge in [0.2, 0.25) is 11.8 Å². The fraction of sp³-hybridized carbons (Fsp3) is 0.375. The number of fused-ring (bicyclic) bond motifs is 1. The Morgan fingerprint density at radius 1 is 1.13 bits per heavy atom. The number of likely N-dealkylation sites (tertiary alicyclic amines) is 1. The predicted octanol–water partition coefficient (Wildman–Crippen LogP) is 4.21. The van der Waals surface area contributed by atoms with E-state index in [1.54, 1.807) is 6.20 Å². The van der Waals surface area contributed by atoms with Crippen molar-refractivity contribution in [1.82, 2.24) is 14.3 Å².